The van der Waals surface area contributed by atoms with Crippen LogP contribution in [-0.4, -0.2) is 12.1 Å². The van der Waals surface area contributed by atoms with Gasteiger partial charge in [-0.3, -0.25) is 0 Å². The van der Waals surface area contributed by atoms with E-state index in [0.717, 1.165) is 5.71 Å². The summed E-state index contributed by atoms with van der Waals surface area (Å²) in [6.07, 6.45) is 15.8. The average molecular weight is 279 g/mol. The van der Waals surface area contributed by atoms with Gasteiger partial charge in [0.2, 0.25) is 0 Å². The average Bonchev–Trinajstić information content (AvgIpc) is 2.47. The summed E-state index contributed by atoms with van der Waals surface area (Å²) in [6, 6.07) is 0. The molecule has 0 aliphatic heterocycles. The first-order valence-electron chi connectivity index (χ1n) is 8.23. The zero-order valence-electron chi connectivity index (χ0n) is 13.5. The van der Waals surface area contributed by atoms with Gasteiger partial charge in [-0.1, -0.05) is 71.8 Å². The molecule has 0 aliphatic rings. The fourth-order valence-electron chi connectivity index (χ4n) is 2.46. The molecule has 0 bridgehead atoms. The maximum atomic E-state index is 5.28. The minimum absolute atomic E-state index is 0.491. The van der Waals surface area contributed by atoms with Crippen molar-refractivity contribution in [3.05, 3.63) is 12.7 Å². The Labute approximate surface area is 125 Å². The van der Waals surface area contributed by atoms with Gasteiger partial charge in [0.25, 0.3) is 0 Å². The largest absolute Gasteiger partial charge is 0.388 e. The summed E-state index contributed by atoms with van der Waals surface area (Å²) >= 11 is 0. The van der Waals surface area contributed by atoms with Crippen LogP contribution in [0.5, 0.6) is 0 Å². The van der Waals surface area contributed by atoms with Crippen LogP contribution in [0, 0.1) is 5.92 Å². The van der Waals surface area contributed by atoms with Crippen LogP contribution in [0.3, 0.4) is 0 Å². The van der Waals surface area contributed by atoms with Crippen LogP contribution < -0.4 is 5.73 Å². The van der Waals surface area contributed by atoms with Crippen LogP contribution in [0.15, 0.2) is 22.9 Å². The number of unbranched alkanes of at least 4 members (excludes halogenated alkanes) is 6. The molecule has 116 valence electrons. The number of nitrogens with zero attached hydrogens (tertiary/aromatic N) is 2. The Kier molecular flexibility index (Phi) is 13.5. The molecule has 0 aromatic carbocycles. The molecule has 3 heteroatoms. The lowest BCUT2D eigenvalue weighted by molar-refractivity contribution is 0.494. The van der Waals surface area contributed by atoms with Crippen LogP contribution in [0.2, 0.25) is 0 Å². The van der Waals surface area contributed by atoms with Crippen LogP contribution >= 0.6 is 0 Å². The van der Waals surface area contributed by atoms with Gasteiger partial charge < -0.3 is 5.73 Å². The minimum atomic E-state index is 0.491. The van der Waals surface area contributed by atoms with E-state index in [9.17, 15) is 0 Å². The Hall–Kier alpha value is -1.12. The molecule has 0 aliphatic carbocycles. The quantitative estimate of drug-likeness (QED) is 0.217. The minimum Gasteiger partial charge on any atom is -0.388 e. The van der Waals surface area contributed by atoms with Gasteiger partial charge in [0.05, 0.1) is 5.71 Å². The Morgan fingerprint density at radius 1 is 1.00 bits per heavy atom. The van der Waals surface area contributed by atoms with Crippen molar-refractivity contribution in [2.75, 3.05) is 0 Å². The fraction of sp³-hybridized carbons (Fsp3) is 0.765. The SMILES string of the molecule is C=C/C(=N\N=C/N)C(CCCCCC)CCCCCC. The van der Waals surface area contributed by atoms with Crippen molar-refractivity contribution in [1.82, 2.24) is 0 Å². The molecule has 0 aromatic heterocycles. The summed E-state index contributed by atoms with van der Waals surface area (Å²) in [5.41, 5.74) is 6.28. The molecule has 3 nitrogen and oxygen atoms in total. The van der Waals surface area contributed by atoms with Crippen molar-refractivity contribution >= 4 is 12.1 Å². The van der Waals surface area contributed by atoms with Gasteiger partial charge in [-0.2, -0.15) is 5.10 Å². The van der Waals surface area contributed by atoms with Crippen LogP contribution in [-0.2, 0) is 0 Å². The Bertz CT molecular complexity index is 270. The zero-order chi connectivity index (χ0) is 15.1. The molecule has 0 spiro atoms. The smallest absolute Gasteiger partial charge is 0.108 e. The van der Waals surface area contributed by atoms with Crippen molar-refractivity contribution in [3.8, 4) is 0 Å². The normalized spacial score (nSPS) is 12.4. The standard InChI is InChI=1S/C17H33N3/c1-4-7-9-11-13-16(14-12-10-8-5-2)17(6-3)20-19-15-18/h6,15-16H,3-5,7-14H2,1-2H3,(H2,18,19)/b20-17+. The van der Waals surface area contributed by atoms with E-state index in [2.05, 4.69) is 30.6 Å². The second-order valence-corrected chi connectivity index (χ2v) is 5.39. The highest BCUT2D eigenvalue weighted by molar-refractivity contribution is 5.96. The molecule has 0 unspecified atom stereocenters. The van der Waals surface area contributed by atoms with E-state index in [-0.39, 0.29) is 0 Å². The second kappa shape index (κ2) is 14.3. The van der Waals surface area contributed by atoms with E-state index in [1.165, 1.54) is 70.5 Å². The van der Waals surface area contributed by atoms with Crippen molar-refractivity contribution in [1.29, 1.82) is 0 Å². The highest BCUT2D eigenvalue weighted by Crippen LogP contribution is 2.20. The topological polar surface area (TPSA) is 50.7 Å². The second-order valence-electron chi connectivity index (χ2n) is 5.39. The van der Waals surface area contributed by atoms with Gasteiger partial charge in [0.15, 0.2) is 0 Å². The van der Waals surface area contributed by atoms with Crippen LogP contribution in [0.1, 0.15) is 78.1 Å². The van der Waals surface area contributed by atoms with E-state index in [0.29, 0.717) is 5.92 Å². The summed E-state index contributed by atoms with van der Waals surface area (Å²) in [6.45, 7) is 8.37. The molecule has 0 atom stereocenters. The van der Waals surface area contributed by atoms with Crippen molar-refractivity contribution < 1.29 is 0 Å². The Balaban J connectivity index is 4.37. The monoisotopic (exact) mass is 279 g/mol. The van der Waals surface area contributed by atoms with Gasteiger partial charge >= 0.3 is 0 Å². The Morgan fingerprint density at radius 2 is 1.55 bits per heavy atom. The van der Waals surface area contributed by atoms with Crippen LogP contribution in [0.4, 0.5) is 0 Å². The summed E-state index contributed by atoms with van der Waals surface area (Å²) in [7, 11) is 0. The van der Waals surface area contributed by atoms with E-state index in [4.69, 9.17) is 5.73 Å². The number of rotatable bonds is 13. The number of hydrogen-bond donors (Lipinski definition) is 1. The maximum Gasteiger partial charge on any atom is 0.108 e. The molecule has 0 rings (SSSR count). The lowest BCUT2D eigenvalue weighted by Gasteiger charge is -2.16. The zero-order valence-corrected chi connectivity index (χ0v) is 13.5. The lowest BCUT2D eigenvalue weighted by Crippen LogP contribution is -2.12. The molecule has 2 N–H and O–H groups in total. The van der Waals surface area contributed by atoms with E-state index in [1.54, 1.807) is 0 Å². The summed E-state index contributed by atoms with van der Waals surface area (Å²) in [5.74, 6) is 0.491. The number of nitrogens with two attached hydrogens (primary N) is 1. The predicted molar refractivity (Wildman–Crippen MR) is 91.3 cm³/mol. The molecule has 0 heterocycles. The van der Waals surface area contributed by atoms with Crippen molar-refractivity contribution in [2.45, 2.75) is 78.1 Å². The van der Waals surface area contributed by atoms with E-state index >= 15 is 0 Å². The molecular formula is C17H33N3. The highest BCUT2D eigenvalue weighted by atomic mass is 15.2. The maximum absolute atomic E-state index is 5.28. The molecule has 20 heavy (non-hydrogen) atoms. The summed E-state index contributed by atoms with van der Waals surface area (Å²) < 4.78 is 0. The summed E-state index contributed by atoms with van der Waals surface area (Å²) in [4.78, 5) is 0. The third kappa shape index (κ3) is 9.76. The third-order valence-corrected chi connectivity index (χ3v) is 3.68. The molecule has 0 amide bonds. The van der Waals surface area contributed by atoms with E-state index < -0.39 is 0 Å². The third-order valence-electron chi connectivity index (χ3n) is 3.68. The van der Waals surface area contributed by atoms with Crippen molar-refractivity contribution in [2.24, 2.45) is 21.9 Å². The van der Waals surface area contributed by atoms with Gasteiger partial charge in [0.1, 0.15) is 6.34 Å². The van der Waals surface area contributed by atoms with E-state index in [1.807, 2.05) is 6.08 Å². The van der Waals surface area contributed by atoms with Gasteiger partial charge in [-0.15, -0.1) is 5.10 Å². The summed E-state index contributed by atoms with van der Waals surface area (Å²) in [5, 5.41) is 8.02. The highest BCUT2D eigenvalue weighted by Gasteiger charge is 2.13. The van der Waals surface area contributed by atoms with Gasteiger partial charge in [0, 0.05) is 5.92 Å². The lowest BCUT2D eigenvalue weighted by atomic mass is 9.90. The van der Waals surface area contributed by atoms with Gasteiger partial charge in [-0.25, -0.2) is 0 Å². The first-order chi connectivity index (χ1) is 9.79. The molecule has 0 fully saturated rings. The molecular weight excluding hydrogens is 246 g/mol. The molecule has 0 saturated heterocycles. The van der Waals surface area contributed by atoms with Crippen molar-refractivity contribution in [3.63, 3.8) is 0 Å². The molecule has 0 radical (unpaired) electrons. The first-order valence-corrected chi connectivity index (χ1v) is 8.23. The van der Waals surface area contributed by atoms with Crippen LogP contribution in [0.25, 0.3) is 0 Å². The molecule has 0 saturated carbocycles. The number of allylic oxidation sites excluding steroid dienone is 1. The predicted octanol–water partition coefficient (Wildman–Crippen LogP) is 5.07. The first kappa shape index (κ1) is 18.9. The molecule has 0 aromatic rings. The van der Waals surface area contributed by atoms with Gasteiger partial charge in [-0.05, 0) is 18.9 Å². The number of hydrogen-bond acceptors (Lipinski definition) is 2. The fourth-order valence-corrected chi connectivity index (χ4v) is 2.46. The Morgan fingerprint density at radius 3 is 1.95 bits per heavy atom.